The molecular formula is C12H9BrFNOS. The summed E-state index contributed by atoms with van der Waals surface area (Å²) in [6, 6.07) is 7.98. The molecule has 0 spiro atoms. The Morgan fingerprint density at radius 2 is 2.24 bits per heavy atom. The second-order valence-corrected chi connectivity index (χ2v) is 5.32. The van der Waals surface area contributed by atoms with Gasteiger partial charge in [-0.3, -0.25) is 4.79 Å². The zero-order chi connectivity index (χ0) is 12.3. The van der Waals surface area contributed by atoms with E-state index in [2.05, 4.69) is 21.2 Å². The van der Waals surface area contributed by atoms with E-state index in [0.29, 0.717) is 16.6 Å². The molecule has 1 amide bonds. The molecule has 0 aliphatic heterocycles. The molecule has 0 aliphatic carbocycles. The van der Waals surface area contributed by atoms with Crippen LogP contribution in [-0.2, 0) is 11.2 Å². The highest BCUT2D eigenvalue weighted by Crippen LogP contribution is 2.23. The second kappa shape index (κ2) is 5.42. The number of anilines is 1. The fourth-order valence-electron chi connectivity index (χ4n) is 1.36. The highest BCUT2D eigenvalue weighted by Gasteiger charge is 2.07. The first-order valence-corrected chi connectivity index (χ1v) is 6.60. The molecule has 0 radical (unpaired) electrons. The van der Waals surface area contributed by atoms with E-state index in [9.17, 15) is 9.18 Å². The van der Waals surface area contributed by atoms with Crippen LogP contribution in [0.25, 0.3) is 0 Å². The van der Waals surface area contributed by atoms with Crippen LogP contribution in [0.1, 0.15) is 4.88 Å². The van der Waals surface area contributed by atoms with Gasteiger partial charge in [0.05, 0.1) is 12.1 Å². The molecule has 0 unspecified atom stereocenters. The van der Waals surface area contributed by atoms with E-state index in [0.717, 1.165) is 4.88 Å². The maximum Gasteiger partial charge on any atom is 0.229 e. The van der Waals surface area contributed by atoms with E-state index in [1.807, 2.05) is 17.5 Å². The molecule has 2 aromatic rings. The first kappa shape index (κ1) is 12.3. The minimum absolute atomic E-state index is 0.111. The molecule has 0 bridgehead atoms. The Kier molecular flexibility index (Phi) is 3.91. The van der Waals surface area contributed by atoms with Gasteiger partial charge in [-0.1, -0.05) is 6.07 Å². The summed E-state index contributed by atoms with van der Waals surface area (Å²) in [5.74, 6) is -0.451. The molecule has 0 saturated heterocycles. The number of halogens is 2. The van der Waals surface area contributed by atoms with Crippen molar-refractivity contribution in [1.82, 2.24) is 0 Å². The summed E-state index contributed by atoms with van der Waals surface area (Å²) in [6.07, 6.45) is 0.335. The largest absolute Gasteiger partial charge is 0.325 e. The lowest BCUT2D eigenvalue weighted by Gasteiger charge is -2.06. The normalized spacial score (nSPS) is 10.2. The van der Waals surface area contributed by atoms with Crippen LogP contribution in [0.4, 0.5) is 10.1 Å². The van der Waals surface area contributed by atoms with Crippen LogP contribution >= 0.6 is 27.3 Å². The summed E-state index contributed by atoms with van der Waals surface area (Å²) in [6.45, 7) is 0. The molecule has 0 atom stereocenters. The number of thiophene rings is 1. The number of hydrogen-bond acceptors (Lipinski definition) is 2. The van der Waals surface area contributed by atoms with Crippen molar-refractivity contribution in [1.29, 1.82) is 0 Å². The van der Waals surface area contributed by atoms with E-state index in [1.54, 1.807) is 0 Å². The predicted molar refractivity (Wildman–Crippen MR) is 70.8 cm³/mol. The summed E-state index contributed by atoms with van der Waals surface area (Å²) in [7, 11) is 0. The molecule has 0 saturated carbocycles. The third-order valence-electron chi connectivity index (χ3n) is 2.12. The van der Waals surface area contributed by atoms with Crippen LogP contribution in [0, 0.1) is 5.82 Å². The van der Waals surface area contributed by atoms with Gasteiger partial charge in [-0.2, -0.15) is 0 Å². The highest BCUT2D eigenvalue weighted by atomic mass is 79.9. The molecule has 2 nitrogen and oxygen atoms in total. The van der Waals surface area contributed by atoms with Crippen molar-refractivity contribution in [3.05, 3.63) is 50.9 Å². The van der Waals surface area contributed by atoms with Crippen LogP contribution in [0.3, 0.4) is 0 Å². The van der Waals surface area contributed by atoms with Gasteiger partial charge >= 0.3 is 0 Å². The number of benzene rings is 1. The van der Waals surface area contributed by atoms with Crippen molar-refractivity contribution >= 4 is 38.9 Å². The van der Waals surface area contributed by atoms with Gasteiger partial charge < -0.3 is 5.32 Å². The summed E-state index contributed by atoms with van der Waals surface area (Å²) in [4.78, 5) is 12.7. The van der Waals surface area contributed by atoms with Crippen LogP contribution < -0.4 is 5.32 Å². The molecule has 1 heterocycles. The molecule has 5 heteroatoms. The topological polar surface area (TPSA) is 29.1 Å². The predicted octanol–water partition coefficient (Wildman–Crippen LogP) is 3.83. The van der Waals surface area contributed by atoms with E-state index < -0.39 is 0 Å². The van der Waals surface area contributed by atoms with Gasteiger partial charge in [-0.15, -0.1) is 11.3 Å². The van der Waals surface area contributed by atoms with E-state index >= 15 is 0 Å². The third-order valence-corrected chi connectivity index (χ3v) is 3.65. The fourth-order valence-corrected chi connectivity index (χ4v) is 2.51. The maximum atomic E-state index is 12.8. The molecule has 0 fully saturated rings. The average Bonchev–Trinajstić information content (AvgIpc) is 2.75. The molecule has 17 heavy (non-hydrogen) atoms. The molecule has 88 valence electrons. The maximum absolute atomic E-state index is 12.8. The number of carbonyl (C=O) groups excluding carboxylic acids is 1. The van der Waals surface area contributed by atoms with Crippen LogP contribution in [0.5, 0.6) is 0 Å². The first-order valence-electron chi connectivity index (χ1n) is 4.92. The summed E-state index contributed by atoms with van der Waals surface area (Å²) < 4.78 is 13.4. The van der Waals surface area contributed by atoms with Gasteiger partial charge in [0.2, 0.25) is 5.91 Å². The van der Waals surface area contributed by atoms with Gasteiger partial charge in [0.1, 0.15) is 5.82 Å². The van der Waals surface area contributed by atoms with E-state index in [4.69, 9.17) is 0 Å². The Balaban J connectivity index is 2.03. The van der Waals surface area contributed by atoms with Crippen molar-refractivity contribution in [2.45, 2.75) is 6.42 Å². The molecule has 0 aliphatic rings. The molecular weight excluding hydrogens is 305 g/mol. The summed E-state index contributed by atoms with van der Waals surface area (Å²) in [5, 5.41) is 4.66. The fraction of sp³-hybridized carbons (Fsp3) is 0.0833. The Labute approximate surface area is 111 Å². The molecule has 1 N–H and O–H groups in total. The zero-order valence-corrected chi connectivity index (χ0v) is 11.1. The number of rotatable bonds is 3. The number of amides is 1. The van der Waals surface area contributed by atoms with Gasteiger partial charge in [0, 0.05) is 9.35 Å². The quantitative estimate of drug-likeness (QED) is 0.916. The standard InChI is InChI=1S/C12H9BrFNOS/c13-10-6-8(14)3-4-11(10)15-12(16)7-9-2-1-5-17-9/h1-6H,7H2,(H,15,16). The SMILES string of the molecule is O=C(Cc1cccs1)Nc1ccc(F)cc1Br. The summed E-state index contributed by atoms with van der Waals surface area (Å²) >= 11 is 4.74. The van der Waals surface area contributed by atoms with Crippen molar-refractivity contribution in [3.8, 4) is 0 Å². The minimum atomic E-state index is -0.340. The van der Waals surface area contributed by atoms with Gasteiger partial charge in [-0.25, -0.2) is 4.39 Å². The lowest BCUT2D eigenvalue weighted by Crippen LogP contribution is -2.14. The minimum Gasteiger partial charge on any atom is -0.325 e. The molecule has 2 rings (SSSR count). The Morgan fingerprint density at radius 3 is 2.88 bits per heavy atom. The number of hydrogen-bond donors (Lipinski definition) is 1. The third kappa shape index (κ3) is 3.38. The lowest BCUT2D eigenvalue weighted by molar-refractivity contribution is -0.115. The lowest BCUT2D eigenvalue weighted by atomic mass is 10.3. The Bertz CT molecular complexity index is 527. The smallest absolute Gasteiger partial charge is 0.229 e. The van der Waals surface area contributed by atoms with E-state index in [1.165, 1.54) is 29.5 Å². The number of carbonyl (C=O) groups is 1. The first-order chi connectivity index (χ1) is 8.15. The van der Waals surface area contributed by atoms with Crippen LogP contribution in [-0.4, -0.2) is 5.91 Å². The number of nitrogens with one attached hydrogen (secondary N) is 1. The van der Waals surface area contributed by atoms with Crippen LogP contribution in [0.2, 0.25) is 0 Å². The Morgan fingerprint density at radius 1 is 1.41 bits per heavy atom. The monoisotopic (exact) mass is 313 g/mol. The van der Waals surface area contributed by atoms with Crippen molar-refractivity contribution in [2.24, 2.45) is 0 Å². The van der Waals surface area contributed by atoms with Crippen molar-refractivity contribution in [2.75, 3.05) is 5.32 Å². The highest BCUT2D eigenvalue weighted by molar-refractivity contribution is 9.10. The molecule has 1 aromatic heterocycles. The second-order valence-electron chi connectivity index (χ2n) is 3.43. The molecule has 1 aromatic carbocycles. The van der Waals surface area contributed by atoms with Crippen molar-refractivity contribution in [3.63, 3.8) is 0 Å². The summed E-state index contributed by atoms with van der Waals surface area (Å²) in [5.41, 5.74) is 0.577. The van der Waals surface area contributed by atoms with Gasteiger partial charge in [0.15, 0.2) is 0 Å². The van der Waals surface area contributed by atoms with Crippen LogP contribution in [0.15, 0.2) is 40.2 Å². The Hall–Kier alpha value is -1.20. The van der Waals surface area contributed by atoms with Crippen molar-refractivity contribution < 1.29 is 9.18 Å². The zero-order valence-electron chi connectivity index (χ0n) is 8.74. The average molecular weight is 314 g/mol. The van der Waals surface area contributed by atoms with Gasteiger partial charge in [-0.05, 0) is 45.6 Å². The van der Waals surface area contributed by atoms with E-state index in [-0.39, 0.29) is 11.7 Å². The van der Waals surface area contributed by atoms with Gasteiger partial charge in [0.25, 0.3) is 0 Å².